The molecule has 0 saturated heterocycles. The van der Waals surface area contributed by atoms with Crippen molar-refractivity contribution in [2.24, 2.45) is 5.92 Å². The van der Waals surface area contributed by atoms with E-state index >= 15 is 0 Å². The molecule has 2 rings (SSSR count). The van der Waals surface area contributed by atoms with Gasteiger partial charge >= 0.3 is 0 Å². The monoisotopic (exact) mass is 392 g/mol. The number of nitrogens with zero attached hydrogens (tertiary/aromatic N) is 2. The first-order valence-electron chi connectivity index (χ1n) is 8.77. The van der Waals surface area contributed by atoms with E-state index in [1.165, 1.54) is 0 Å². The number of ether oxygens (including phenoxy) is 1. The minimum Gasteiger partial charge on any atom is -0.383 e. The fraction of sp³-hybridized carbons (Fsp3) is 0.421. The van der Waals surface area contributed by atoms with Crippen LogP contribution >= 0.6 is 11.6 Å². The first kappa shape index (κ1) is 20.9. The lowest BCUT2D eigenvalue weighted by molar-refractivity contribution is -0.118. The van der Waals surface area contributed by atoms with Gasteiger partial charge in [-0.1, -0.05) is 25.4 Å². The summed E-state index contributed by atoms with van der Waals surface area (Å²) in [5.74, 6) is -0.365. The minimum atomic E-state index is -0.657. The van der Waals surface area contributed by atoms with Crippen molar-refractivity contribution in [2.45, 2.75) is 32.9 Å². The van der Waals surface area contributed by atoms with E-state index in [0.717, 1.165) is 0 Å². The molecule has 0 bridgehead atoms. The number of nitrogens with one attached hydrogen (secondary N) is 2. The zero-order valence-corrected chi connectivity index (χ0v) is 16.5. The van der Waals surface area contributed by atoms with E-state index in [2.05, 4.69) is 15.7 Å². The van der Waals surface area contributed by atoms with Gasteiger partial charge in [0.05, 0.1) is 25.0 Å². The maximum atomic E-state index is 12.7. The van der Waals surface area contributed by atoms with Crippen LogP contribution in [-0.2, 0) is 16.1 Å². The van der Waals surface area contributed by atoms with Gasteiger partial charge in [-0.15, -0.1) is 0 Å². The van der Waals surface area contributed by atoms with Crippen LogP contribution in [0.2, 0.25) is 5.02 Å². The topological polar surface area (TPSA) is 85.2 Å². The van der Waals surface area contributed by atoms with Crippen molar-refractivity contribution in [3.05, 3.63) is 47.2 Å². The Morgan fingerprint density at radius 3 is 2.59 bits per heavy atom. The van der Waals surface area contributed by atoms with E-state index in [4.69, 9.17) is 16.3 Å². The molecule has 27 heavy (non-hydrogen) atoms. The summed E-state index contributed by atoms with van der Waals surface area (Å²) in [5, 5.41) is 10.3. The average molecular weight is 393 g/mol. The molecule has 7 nitrogen and oxygen atoms in total. The Kier molecular flexibility index (Phi) is 7.82. The number of carbonyl (C=O) groups is 2. The molecule has 1 heterocycles. The van der Waals surface area contributed by atoms with Gasteiger partial charge in [-0.25, -0.2) is 0 Å². The van der Waals surface area contributed by atoms with E-state index in [1.807, 2.05) is 13.8 Å². The number of amides is 2. The van der Waals surface area contributed by atoms with Gasteiger partial charge in [-0.05, 0) is 36.6 Å². The predicted molar refractivity (Wildman–Crippen MR) is 105 cm³/mol. The Balaban J connectivity index is 2.03. The van der Waals surface area contributed by atoms with Crippen LogP contribution in [0, 0.1) is 5.92 Å². The highest BCUT2D eigenvalue weighted by Crippen LogP contribution is 2.13. The van der Waals surface area contributed by atoms with Crippen LogP contribution in [0.15, 0.2) is 36.7 Å². The second-order valence-electron chi connectivity index (χ2n) is 6.64. The molecule has 0 aliphatic heterocycles. The standard InChI is InChI=1S/C19H25ClN4O3/c1-13(2)10-17(23-18(25)14-4-6-15(20)7-5-14)19(26)22-16-11-21-24(12-16)8-9-27-3/h4-7,11-13,17H,8-10H2,1-3H3,(H,22,26)(H,23,25). The van der Waals surface area contributed by atoms with Crippen molar-refractivity contribution in [1.82, 2.24) is 15.1 Å². The van der Waals surface area contributed by atoms with Crippen molar-refractivity contribution in [2.75, 3.05) is 19.0 Å². The maximum Gasteiger partial charge on any atom is 0.251 e. The van der Waals surface area contributed by atoms with Gasteiger partial charge < -0.3 is 15.4 Å². The van der Waals surface area contributed by atoms with Crippen LogP contribution in [0.4, 0.5) is 5.69 Å². The third-order valence-electron chi connectivity index (χ3n) is 3.86. The molecule has 0 aliphatic carbocycles. The van der Waals surface area contributed by atoms with Crippen molar-refractivity contribution in [3.8, 4) is 0 Å². The van der Waals surface area contributed by atoms with Gasteiger partial charge in [-0.2, -0.15) is 5.10 Å². The average Bonchev–Trinajstić information content (AvgIpc) is 3.06. The highest BCUT2D eigenvalue weighted by Gasteiger charge is 2.23. The molecule has 1 unspecified atom stereocenters. The molecular weight excluding hydrogens is 368 g/mol. The van der Waals surface area contributed by atoms with Crippen LogP contribution in [0.1, 0.15) is 30.6 Å². The third kappa shape index (κ3) is 6.69. The van der Waals surface area contributed by atoms with Crippen LogP contribution in [0.5, 0.6) is 0 Å². The van der Waals surface area contributed by atoms with Crippen LogP contribution < -0.4 is 10.6 Å². The quantitative estimate of drug-likeness (QED) is 0.687. The molecule has 0 saturated carbocycles. The van der Waals surface area contributed by atoms with Gasteiger partial charge in [0, 0.05) is 23.9 Å². The van der Waals surface area contributed by atoms with Crippen LogP contribution in [0.3, 0.4) is 0 Å². The molecular formula is C19H25ClN4O3. The summed E-state index contributed by atoms with van der Waals surface area (Å²) in [7, 11) is 1.62. The molecule has 0 aliphatic rings. The molecule has 8 heteroatoms. The van der Waals surface area contributed by atoms with E-state index in [9.17, 15) is 9.59 Å². The number of anilines is 1. The molecule has 1 aromatic carbocycles. The first-order valence-corrected chi connectivity index (χ1v) is 9.15. The molecule has 0 radical (unpaired) electrons. The van der Waals surface area contributed by atoms with Crippen molar-refractivity contribution >= 4 is 29.1 Å². The maximum absolute atomic E-state index is 12.7. The Morgan fingerprint density at radius 1 is 1.26 bits per heavy atom. The lowest BCUT2D eigenvalue weighted by atomic mass is 10.0. The number of aromatic nitrogens is 2. The molecule has 2 aromatic rings. The molecule has 1 atom stereocenters. The van der Waals surface area contributed by atoms with Crippen LogP contribution in [0.25, 0.3) is 0 Å². The summed E-state index contributed by atoms with van der Waals surface area (Å²) >= 11 is 5.85. The SMILES string of the molecule is COCCn1cc(NC(=O)C(CC(C)C)NC(=O)c2ccc(Cl)cc2)cn1. The Bertz CT molecular complexity index is 759. The molecule has 146 valence electrons. The van der Waals surface area contributed by atoms with Gasteiger partial charge in [-0.3, -0.25) is 14.3 Å². The number of halogens is 1. The van der Waals surface area contributed by atoms with E-state index in [1.54, 1.807) is 48.5 Å². The summed E-state index contributed by atoms with van der Waals surface area (Å²) in [6, 6.07) is 5.88. The van der Waals surface area contributed by atoms with Crippen molar-refractivity contribution in [1.29, 1.82) is 0 Å². The summed E-state index contributed by atoms with van der Waals surface area (Å²) in [4.78, 5) is 25.1. The van der Waals surface area contributed by atoms with Crippen molar-refractivity contribution in [3.63, 3.8) is 0 Å². The third-order valence-corrected chi connectivity index (χ3v) is 4.11. The fourth-order valence-electron chi connectivity index (χ4n) is 2.51. The Hall–Kier alpha value is -2.38. The van der Waals surface area contributed by atoms with E-state index in [-0.39, 0.29) is 17.7 Å². The lowest BCUT2D eigenvalue weighted by Gasteiger charge is -2.20. The number of benzene rings is 1. The van der Waals surface area contributed by atoms with Gasteiger partial charge in [0.2, 0.25) is 5.91 Å². The molecule has 1 aromatic heterocycles. The molecule has 0 fully saturated rings. The largest absolute Gasteiger partial charge is 0.383 e. The highest BCUT2D eigenvalue weighted by atomic mass is 35.5. The van der Waals surface area contributed by atoms with E-state index in [0.29, 0.717) is 35.8 Å². The zero-order chi connectivity index (χ0) is 19.8. The Labute approximate surface area is 164 Å². The summed E-state index contributed by atoms with van der Waals surface area (Å²) in [6.45, 7) is 5.12. The van der Waals surface area contributed by atoms with E-state index < -0.39 is 6.04 Å². The number of hydrogen-bond acceptors (Lipinski definition) is 4. The second kappa shape index (κ2) is 10.1. The normalized spacial score (nSPS) is 12.0. The number of hydrogen-bond donors (Lipinski definition) is 2. The molecule has 2 amide bonds. The van der Waals surface area contributed by atoms with Gasteiger partial charge in [0.1, 0.15) is 6.04 Å². The second-order valence-corrected chi connectivity index (χ2v) is 7.07. The number of carbonyl (C=O) groups excluding carboxylic acids is 2. The predicted octanol–water partition coefficient (Wildman–Crippen LogP) is 2.97. The smallest absolute Gasteiger partial charge is 0.251 e. The molecule has 2 N–H and O–H groups in total. The van der Waals surface area contributed by atoms with Gasteiger partial charge in [0.25, 0.3) is 5.91 Å². The minimum absolute atomic E-state index is 0.232. The van der Waals surface area contributed by atoms with Crippen LogP contribution in [-0.4, -0.2) is 41.4 Å². The summed E-state index contributed by atoms with van der Waals surface area (Å²) in [5.41, 5.74) is 1.03. The number of methoxy groups -OCH3 is 1. The zero-order valence-electron chi connectivity index (χ0n) is 15.7. The van der Waals surface area contributed by atoms with Crippen molar-refractivity contribution < 1.29 is 14.3 Å². The highest BCUT2D eigenvalue weighted by molar-refractivity contribution is 6.30. The number of rotatable bonds is 9. The lowest BCUT2D eigenvalue weighted by Crippen LogP contribution is -2.44. The molecule has 0 spiro atoms. The van der Waals surface area contributed by atoms with Gasteiger partial charge in [0.15, 0.2) is 0 Å². The summed E-state index contributed by atoms with van der Waals surface area (Å²) < 4.78 is 6.69. The first-order chi connectivity index (χ1) is 12.9. The summed E-state index contributed by atoms with van der Waals surface area (Å²) in [6.07, 6.45) is 3.81. The fourth-order valence-corrected chi connectivity index (χ4v) is 2.64. The Morgan fingerprint density at radius 2 is 1.96 bits per heavy atom.